The topological polar surface area (TPSA) is 36.9 Å². The molecule has 4 nitrogen and oxygen atoms in total. The molecule has 0 bridgehead atoms. The van der Waals surface area contributed by atoms with E-state index in [1.54, 1.807) is 0 Å². The summed E-state index contributed by atoms with van der Waals surface area (Å²) < 4.78 is 31.3. The van der Waals surface area contributed by atoms with E-state index < -0.39 is 11.6 Å². The monoisotopic (exact) mass is 744 g/mol. The van der Waals surface area contributed by atoms with Crippen molar-refractivity contribution in [2.24, 2.45) is 0 Å². The molecule has 6 heteroatoms. The standard InChI is InChI=1S/C46H66O4P2/c1-7-19-35(20-8-1)43-44(36-21-9-2-10-22-36)50-46(42(32-34-48-46)52(39-27-15-5-16-28-39)40-29-17-6-18-30-40)45(49-43)41(31-33-47-45)51(37-23-11-3-12-24-37)38-25-13-4-14-26-38/h1-2,7-10,19-22,37-44H,3-6,11-18,23-34H2. The Morgan fingerprint density at radius 2 is 0.692 bits per heavy atom. The minimum atomic E-state index is -0.871. The highest BCUT2D eigenvalue weighted by atomic mass is 31.1. The second kappa shape index (κ2) is 16.7. The summed E-state index contributed by atoms with van der Waals surface area (Å²) in [7, 11) is -0.676. The first-order valence-corrected chi connectivity index (χ1v) is 25.2. The first kappa shape index (κ1) is 36.8. The summed E-state index contributed by atoms with van der Waals surface area (Å²) in [6.07, 6.45) is 29.7. The Labute approximate surface area is 317 Å². The molecule has 4 aliphatic carbocycles. The van der Waals surface area contributed by atoms with E-state index in [1.807, 2.05) is 0 Å². The summed E-state index contributed by atoms with van der Waals surface area (Å²) in [6, 6.07) is 22.1. The molecule has 6 unspecified atom stereocenters. The minimum absolute atomic E-state index is 0.246. The van der Waals surface area contributed by atoms with Crippen molar-refractivity contribution in [2.75, 3.05) is 13.2 Å². The van der Waals surface area contributed by atoms with Gasteiger partial charge in [-0.15, -0.1) is 0 Å². The van der Waals surface area contributed by atoms with Crippen LogP contribution < -0.4 is 0 Å². The summed E-state index contributed by atoms with van der Waals surface area (Å²) in [5.74, 6) is -1.74. The summed E-state index contributed by atoms with van der Waals surface area (Å²) in [5, 5.41) is 0. The van der Waals surface area contributed by atoms with Gasteiger partial charge in [0, 0.05) is 11.3 Å². The summed E-state index contributed by atoms with van der Waals surface area (Å²) in [4.78, 5) is 0. The van der Waals surface area contributed by atoms with E-state index >= 15 is 0 Å². The molecule has 3 aliphatic heterocycles. The second-order valence-corrected chi connectivity index (χ2v) is 23.6. The molecule has 0 amide bonds. The molecule has 4 saturated carbocycles. The predicted octanol–water partition coefficient (Wildman–Crippen LogP) is 12.8. The van der Waals surface area contributed by atoms with Gasteiger partial charge in [0.15, 0.2) is 0 Å². The highest BCUT2D eigenvalue weighted by Gasteiger charge is 2.75. The zero-order valence-electron chi connectivity index (χ0n) is 31.9. The number of benzene rings is 2. The van der Waals surface area contributed by atoms with Gasteiger partial charge in [-0.2, -0.15) is 0 Å². The Morgan fingerprint density at radius 1 is 0.385 bits per heavy atom. The molecule has 0 radical (unpaired) electrons. The van der Waals surface area contributed by atoms with E-state index in [1.165, 1.54) is 140 Å². The van der Waals surface area contributed by atoms with Gasteiger partial charge in [-0.05, 0) is 98.0 Å². The van der Waals surface area contributed by atoms with E-state index in [9.17, 15) is 0 Å². The third-order valence-electron chi connectivity index (χ3n) is 14.6. The highest BCUT2D eigenvalue weighted by molar-refractivity contribution is 7.60. The zero-order chi connectivity index (χ0) is 34.8. The molecule has 0 aromatic heterocycles. The Morgan fingerprint density at radius 3 is 1.00 bits per heavy atom. The fourth-order valence-corrected chi connectivity index (χ4v) is 21.7. The molecule has 284 valence electrons. The maximum Gasteiger partial charge on any atom is 0.232 e. The molecule has 2 spiro atoms. The van der Waals surface area contributed by atoms with Gasteiger partial charge in [0.05, 0.1) is 13.2 Å². The van der Waals surface area contributed by atoms with Gasteiger partial charge in [0.2, 0.25) is 11.6 Å². The maximum atomic E-state index is 8.11. The number of fused-ring (bicyclic) bond motifs is 1. The average molecular weight is 745 g/mol. The third kappa shape index (κ3) is 6.94. The molecule has 7 aliphatic rings. The van der Waals surface area contributed by atoms with Crippen LogP contribution in [-0.2, 0) is 18.9 Å². The molecule has 2 aromatic carbocycles. The highest BCUT2D eigenvalue weighted by Crippen LogP contribution is 2.73. The molecule has 9 rings (SSSR count). The van der Waals surface area contributed by atoms with Gasteiger partial charge < -0.3 is 18.9 Å². The van der Waals surface area contributed by atoms with E-state index in [0.29, 0.717) is 11.3 Å². The SMILES string of the molecule is c1ccc(C2OC3(OCCC3P(C3CCCCC3)C3CCCCC3)C3(OCCC3P(C3CCCCC3)C3CCCCC3)OC2c2ccccc2)cc1. The molecular weight excluding hydrogens is 678 g/mol. The number of hydrogen-bond donors (Lipinski definition) is 0. The van der Waals surface area contributed by atoms with Crippen molar-refractivity contribution < 1.29 is 18.9 Å². The predicted molar refractivity (Wildman–Crippen MR) is 216 cm³/mol. The number of ether oxygens (including phenoxy) is 4. The largest absolute Gasteiger partial charge is 0.345 e. The maximum absolute atomic E-state index is 8.11. The van der Waals surface area contributed by atoms with Gasteiger partial charge in [-0.1, -0.05) is 154 Å². The normalized spacial score (nSPS) is 36.0. The average Bonchev–Trinajstić information content (AvgIpc) is 3.83. The van der Waals surface area contributed by atoms with Crippen LogP contribution in [0, 0.1) is 0 Å². The Bertz CT molecular complexity index is 1260. The summed E-state index contributed by atoms with van der Waals surface area (Å²) in [5.41, 5.74) is 6.38. The first-order chi connectivity index (χ1) is 25.8. The van der Waals surface area contributed by atoms with E-state index in [4.69, 9.17) is 18.9 Å². The Balaban J connectivity index is 1.21. The Kier molecular flexibility index (Phi) is 11.8. The molecule has 3 heterocycles. The van der Waals surface area contributed by atoms with Crippen LogP contribution in [0.1, 0.15) is 165 Å². The molecule has 7 fully saturated rings. The molecular formula is C46H66O4P2. The lowest BCUT2D eigenvalue weighted by Gasteiger charge is -2.60. The van der Waals surface area contributed by atoms with Gasteiger partial charge >= 0.3 is 0 Å². The molecule has 52 heavy (non-hydrogen) atoms. The van der Waals surface area contributed by atoms with Gasteiger partial charge in [0.25, 0.3) is 0 Å². The lowest BCUT2D eigenvalue weighted by molar-refractivity contribution is -0.451. The van der Waals surface area contributed by atoms with E-state index in [-0.39, 0.29) is 28.1 Å². The van der Waals surface area contributed by atoms with Crippen LogP contribution in [-0.4, -0.2) is 58.7 Å². The number of hydrogen-bond acceptors (Lipinski definition) is 4. The van der Waals surface area contributed by atoms with E-state index in [2.05, 4.69) is 60.7 Å². The van der Waals surface area contributed by atoms with Crippen molar-refractivity contribution in [3.63, 3.8) is 0 Å². The van der Waals surface area contributed by atoms with Gasteiger partial charge in [-0.3, -0.25) is 0 Å². The van der Waals surface area contributed by atoms with Crippen LogP contribution in [0.3, 0.4) is 0 Å². The van der Waals surface area contributed by atoms with Crippen molar-refractivity contribution in [3.05, 3.63) is 71.8 Å². The first-order valence-electron chi connectivity index (χ1n) is 22.1. The van der Waals surface area contributed by atoms with Crippen molar-refractivity contribution in [1.82, 2.24) is 0 Å². The van der Waals surface area contributed by atoms with Gasteiger partial charge in [0.1, 0.15) is 12.2 Å². The smallest absolute Gasteiger partial charge is 0.232 e. The molecule has 6 atom stereocenters. The zero-order valence-corrected chi connectivity index (χ0v) is 33.7. The van der Waals surface area contributed by atoms with Crippen molar-refractivity contribution >= 4 is 15.8 Å². The van der Waals surface area contributed by atoms with Crippen LogP contribution in [0.2, 0.25) is 0 Å². The molecule has 2 aromatic rings. The van der Waals surface area contributed by atoms with Crippen molar-refractivity contribution in [1.29, 1.82) is 0 Å². The molecule has 3 saturated heterocycles. The lowest BCUT2D eigenvalue weighted by Crippen LogP contribution is -2.70. The van der Waals surface area contributed by atoms with E-state index in [0.717, 1.165) is 48.7 Å². The van der Waals surface area contributed by atoms with Crippen molar-refractivity contribution in [3.8, 4) is 0 Å². The number of rotatable bonds is 8. The summed E-state index contributed by atoms with van der Waals surface area (Å²) in [6.45, 7) is 1.54. The second-order valence-electron chi connectivity index (χ2n) is 17.6. The quantitative estimate of drug-likeness (QED) is 0.252. The van der Waals surface area contributed by atoms with Gasteiger partial charge in [-0.25, -0.2) is 0 Å². The minimum Gasteiger partial charge on any atom is -0.345 e. The van der Waals surface area contributed by atoms with Crippen LogP contribution in [0.4, 0.5) is 0 Å². The Hall–Kier alpha value is -0.860. The van der Waals surface area contributed by atoms with Crippen LogP contribution in [0.5, 0.6) is 0 Å². The van der Waals surface area contributed by atoms with Crippen molar-refractivity contribution in [2.45, 2.75) is 199 Å². The molecule has 0 N–H and O–H groups in total. The third-order valence-corrected chi connectivity index (χ3v) is 22.7. The van der Waals surface area contributed by atoms with Crippen LogP contribution >= 0.6 is 15.8 Å². The summed E-state index contributed by atoms with van der Waals surface area (Å²) >= 11 is 0. The fourth-order valence-electron chi connectivity index (χ4n) is 12.4. The van der Waals surface area contributed by atoms with Crippen LogP contribution in [0.25, 0.3) is 0 Å². The fraction of sp³-hybridized carbons (Fsp3) is 0.739. The van der Waals surface area contributed by atoms with Crippen LogP contribution in [0.15, 0.2) is 60.7 Å². The lowest BCUT2D eigenvalue weighted by atomic mass is 9.90.